The average Bonchev–Trinajstić information content (AvgIpc) is 2.50. The monoisotopic (exact) mass is 370 g/mol. The van der Waals surface area contributed by atoms with Gasteiger partial charge in [0.05, 0.1) is 24.2 Å². The molecule has 1 aromatic rings. The summed E-state index contributed by atoms with van der Waals surface area (Å²) in [6, 6.07) is 2.86. The molecule has 23 heavy (non-hydrogen) atoms. The van der Waals surface area contributed by atoms with Crippen molar-refractivity contribution in [2.75, 3.05) is 40.5 Å². The van der Waals surface area contributed by atoms with Crippen LogP contribution in [0.3, 0.4) is 0 Å². The van der Waals surface area contributed by atoms with Gasteiger partial charge in [0.15, 0.2) is 0 Å². The Kier molecular flexibility index (Phi) is 9.93. The Bertz CT molecular complexity index is 612. The van der Waals surface area contributed by atoms with Crippen LogP contribution in [0.4, 0.5) is 4.39 Å². The second-order valence-electron chi connectivity index (χ2n) is 4.27. The summed E-state index contributed by atoms with van der Waals surface area (Å²) in [4.78, 5) is 11.1. The highest BCUT2D eigenvalue weighted by Gasteiger charge is 2.23. The predicted octanol–water partition coefficient (Wildman–Crippen LogP) is 0.548. The van der Waals surface area contributed by atoms with Crippen LogP contribution in [0.1, 0.15) is 10.4 Å². The number of benzene rings is 1. The van der Waals surface area contributed by atoms with Crippen LogP contribution in [0.25, 0.3) is 0 Å². The Balaban J connectivity index is 0.00000484. The van der Waals surface area contributed by atoms with E-state index in [1.54, 1.807) is 7.11 Å². The van der Waals surface area contributed by atoms with Crippen LogP contribution >= 0.6 is 12.4 Å². The number of ether oxygens (including phenoxy) is 2. The zero-order valence-corrected chi connectivity index (χ0v) is 14.4. The minimum absolute atomic E-state index is 0. The van der Waals surface area contributed by atoms with Gasteiger partial charge in [0.2, 0.25) is 10.0 Å². The van der Waals surface area contributed by atoms with Crippen molar-refractivity contribution in [3.05, 3.63) is 29.6 Å². The molecule has 0 aromatic heterocycles. The summed E-state index contributed by atoms with van der Waals surface area (Å²) in [7, 11) is -1.34. The summed E-state index contributed by atoms with van der Waals surface area (Å²) < 4.78 is 49.3. The van der Waals surface area contributed by atoms with Crippen molar-refractivity contribution in [3.8, 4) is 0 Å². The fraction of sp³-hybridized carbons (Fsp3) is 0.462. The number of halogens is 2. The minimum atomic E-state index is -4.02. The van der Waals surface area contributed by atoms with Crippen molar-refractivity contribution in [2.45, 2.75) is 4.90 Å². The van der Waals surface area contributed by atoms with Gasteiger partial charge in [-0.2, -0.15) is 0 Å². The van der Waals surface area contributed by atoms with Crippen molar-refractivity contribution < 1.29 is 27.1 Å². The Morgan fingerprint density at radius 1 is 1.22 bits per heavy atom. The maximum absolute atomic E-state index is 13.3. The van der Waals surface area contributed by atoms with Gasteiger partial charge in [-0.1, -0.05) is 0 Å². The summed E-state index contributed by atoms with van der Waals surface area (Å²) in [5.74, 6) is -1.61. The van der Waals surface area contributed by atoms with Gasteiger partial charge in [-0.25, -0.2) is 22.3 Å². The van der Waals surface area contributed by atoms with E-state index in [4.69, 9.17) is 4.74 Å². The first kappa shape index (κ1) is 21.7. The first-order valence-corrected chi connectivity index (χ1v) is 7.98. The van der Waals surface area contributed by atoms with Crippen LogP contribution in [-0.4, -0.2) is 54.8 Å². The molecule has 0 fully saturated rings. The third-order valence-electron chi connectivity index (χ3n) is 2.72. The molecule has 0 bridgehead atoms. The molecule has 7 nitrogen and oxygen atoms in total. The molecular formula is C13H20ClFN2O5S. The number of nitrogens with one attached hydrogen (secondary N) is 2. The van der Waals surface area contributed by atoms with E-state index in [-0.39, 0.29) is 24.5 Å². The van der Waals surface area contributed by atoms with Crippen LogP contribution in [0.5, 0.6) is 0 Å². The number of hydrogen-bond donors (Lipinski definition) is 2. The fourth-order valence-corrected chi connectivity index (χ4v) is 2.88. The molecule has 0 spiro atoms. The van der Waals surface area contributed by atoms with Crippen molar-refractivity contribution in [1.82, 2.24) is 10.0 Å². The average molecular weight is 371 g/mol. The normalized spacial score (nSPS) is 10.9. The molecule has 0 aliphatic rings. The maximum atomic E-state index is 13.3. The molecule has 1 rings (SSSR count). The van der Waals surface area contributed by atoms with Crippen LogP contribution in [0, 0.1) is 5.82 Å². The summed E-state index contributed by atoms with van der Waals surface area (Å²) in [6.07, 6.45) is 0. The van der Waals surface area contributed by atoms with Crippen molar-refractivity contribution in [3.63, 3.8) is 0 Å². The lowest BCUT2D eigenvalue weighted by Gasteiger charge is -2.11. The van der Waals surface area contributed by atoms with E-state index in [2.05, 4.69) is 14.8 Å². The Labute approximate surface area is 141 Å². The number of esters is 1. The van der Waals surface area contributed by atoms with Gasteiger partial charge in [-0.3, -0.25) is 0 Å². The van der Waals surface area contributed by atoms with Gasteiger partial charge < -0.3 is 14.8 Å². The van der Waals surface area contributed by atoms with E-state index in [0.717, 1.165) is 25.3 Å². The summed E-state index contributed by atoms with van der Waals surface area (Å²) in [5, 5.41) is 2.95. The lowest BCUT2D eigenvalue weighted by atomic mass is 10.2. The quantitative estimate of drug-likeness (QED) is 0.487. The number of carbonyl (C=O) groups excluding carboxylic acids is 1. The molecular weight excluding hydrogens is 351 g/mol. The number of carbonyl (C=O) groups is 1. The van der Waals surface area contributed by atoms with Crippen molar-refractivity contribution in [1.29, 1.82) is 0 Å². The standard InChI is InChI=1S/C13H19FN2O5S.ClH/c1-20-8-7-15-5-6-16-22(18,19)12-9-10(14)3-4-11(12)13(17)21-2;/h3-4,9,15-16H,5-8H2,1-2H3;1H. The highest BCUT2D eigenvalue weighted by molar-refractivity contribution is 7.89. The van der Waals surface area contributed by atoms with Gasteiger partial charge in [-0.15, -0.1) is 12.4 Å². The topological polar surface area (TPSA) is 93.7 Å². The van der Waals surface area contributed by atoms with Gasteiger partial charge in [0.25, 0.3) is 0 Å². The van der Waals surface area contributed by atoms with Crippen molar-refractivity contribution >= 4 is 28.4 Å². The molecule has 0 amide bonds. The largest absolute Gasteiger partial charge is 0.465 e. The van der Waals surface area contributed by atoms with E-state index in [1.165, 1.54) is 0 Å². The third kappa shape index (κ3) is 6.80. The molecule has 10 heteroatoms. The molecule has 0 saturated carbocycles. The fourth-order valence-electron chi connectivity index (χ4n) is 1.65. The molecule has 0 radical (unpaired) electrons. The predicted molar refractivity (Wildman–Crippen MR) is 84.9 cm³/mol. The smallest absolute Gasteiger partial charge is 0.339 e. The van der Waals surface area contributed by atoms with Crippen LogP contribution in [0.2, 0.25) is 0 Å². The molecule has 1 aromatic carbocycles. The van der Waals surface area contributed by atoms with Crippen LogP contribution in [0.15, 0.2) is 23.1 Å². The third-order valence-corrected chi connectivity index (χ3v) is 4.22. The first-order chi connectivity index (χ1) is 10.4. The molecule has 0 aliphatic carbocycles. The number of hydrogen-bond acceptors (Lipinski definition) is 6. The second-order valence-corrected chi connectivity index (χ2v) is 6.01. The summed E-state index contributed by atoms with van der Waals surface area (Å²) >= 11 is 0. The van der Waals surface area contributed by atoms with E-state index >= 15 is 0 Å². The number of rotatable bonds is 9. The van der Waals surface area contributed by atoms with Gasteiger partial charge >= 0.3 is 5.97 Å². The summed E-state index contributed by atoms with van der Waals surface area (Å²) in [6.45, 7) is 1.53. The zero-order chi connectivity index (χ0) is 16.6. The van der Waals surface area contributed by atoms with Gasteiger partial charge in [0, 0.05) is 26.7 Å². The maximum Gasteiger partial charge on any atom is 0.339 e. The van der Waals surface area contributed by atoms with Gasteiger partial charge in [0.1, 0.15) is 5.82 Å². The Hall–Kier alpha value is -1.26. The number of sulfonamides is 1. The highest BCUT2D eigenvalue weighted by Crippen LogP contribution is 2.18. The first-order valence-electron chi connectivity index (χ1n) is 6.49. The Morgan fingerprint density at radius 2 is 1.91 bits per heavy atom. The number of methoxy groups -OCH3 is 2. The molecule has 0 aliphatic heterocycles. The molecule has 2 N–H and O–H groups in total. The molecule has 132 valence electrons. The van der Waals surface area contributed by atoms with Crippen LogP contribution < -0.4 is 10.0 Å². The lowest BCUT2D eigenvalue weighted by molar-refractivity contribution is 0.0596. The lowest BCUT2D eigenvalue weighted by Crippen LogP contribution is -2.33. The van der Waals surface area contributed by atoms with E-state index in [9.17, 15) is 17.6 Å². The summed E-state index contributed by atoms with van der Waals surface area (Å²) in [5.41, 5.74) is -0.219. The highest BCUT2D eigenvalue weighted by atomic mass is 35.5. The van der Waals surface area contributed by atoms with Gasteiger partial charge in [-0.05, 0) is 18.2 Å². The zero-order valence-electron chi connectivity index (χ0n) is 12.8. The molecule has 0 atom stereocenters. The molecule has 0 heterocycles. The minimum Gasteiger partial charge on any atom is -0.465 e. The van der Waals surface area contributed by atoms with Crippen molar-refractivity contribution in [2.24, 2.45) is 0 Å². The SMILES string of the molecule is COCCNCCNS(=O)(=O)c1cc(F)ccc1C(=O)OC.Cl. The van der Waals surface area contributed by atoms with E-state index in [1.807, 2.05) is 0 Å². The molecule has 0 unspecified atom stereocenters. The Morgan fingerprint density at radius 3 is 2.52 bits per heavy atom. The van der Waals surface area contributed by atoms with Crippen LogP contribution in [-0.2, 0) is 19.5 Å². The van der Waals surface area contributed by atoms with E-state index in [0.29, 0.717) is 19.7 Å². The van der Waals surface area contributed by atoms with E-state index < -0.39 is 26.7 Å². The molecule has 0 saturated heterocycles. The second kappa shape index (κ2) is 10.5.